The van der Waals surface area contributed by atoms with Crippen molar-refractivity contribution in [1.82, 2.24) is 10.3 Å². The van der Waals surface area contributed by atoms with E-state index in [1.54, 1.807) is 0 Å². The Labute approximate surface area is 221 Å². The molecule has 0 bridgehead atoms. The second-order valence-electron chi connectivity index (χ2n) is 9.01. The van der Waals surface area contributed by atoms with Gasteiger partial charge in [0.05, 0.1) is 6.04 Å². The number of esters is 2. The van der Waals surface area contributed by atoms with E-state index in [9.17, 15) is 14.4 Å². The third kappa shape index (κ3) is 7.54. The monoisotopic (exact) mass is 513 g/mol. The Hall–Kier alpha value is -4.43. The number of carbonyl (C=O) groups excluding carboxylic acids is 3. The van der Waals surface area contributed by atoms with Gasteiger partial charge >= 0.3 is 11.9 Å². The first-order chi connectivity index (χ1) is 18.5. The number of ether oxygens (including phenoxy) is 2. The Balaban J connectivity index is 1.36. The minimum atomic E-state index is -1.05. The predicted molar refractivity (Wildman–Crippen MR) is 144 cm³/mol. The molecule has 1 aromatic heterocycles. The molecule has 3 aromatic carbocycles. The zero-order valence-electron chi connectivity index (χ0n) is 21.0. The Kier molecular flexibility index (Phi) is 9.26. The van der Waals surface area contributed by atoms with Crippen LogP contribution in [0.4, 0.5) is 0 Å². The number of hydrogen-bond acceptors (Lipinski definition) is 6. The van der Waals surface area contributed by atoms with Crippen molar-refractivity contribution in [2.24, 2.45) is 5.73 Å². The van der Waals surface area contributed by atoms with Gasteiger partial charge in [0.15, 0.2) is 0 Å². The molecule has 0 aliphatic carbocycles. The van der Waals surface area contributed by atoms with Crippen LogP contribution >= 0.6 is 0 Å². The average molecular weight is 514 g/mol. The molecule has 0 saturated carbocycles. The molecular formula is C30H31N3O5. The molecule has 4 rings (SSSR count). The van der Waals surface area contributed by atoms with E-state index in [-0.39, 0.29) is 32.5 Å². The molecule has 0 aliphatic heterocycles. The van der Waals surface area contributed by atoms with Gasteiger partial charge in [-0.25, -0.2) is 4.79 Å². The van der Waals surface area contributed by atoms with Crippen LogP contribution in [0.15, 0.2) is 91.1 Å². The fraction of sp³-hybridized carbons (Fsp3) is 0.233. The second-order valence-corrected chi connectivity index (χ2v) is 9.01. The quantitative estimate of drug-likeness (QED) is 0.248. The molecule has 4 N–H and O–H groups in total. The number of carbonyl (C=O) groups is 3. The highest BCUT2D eigenvalue weighted by atomic mass is 16.5. The van der Waals surface area contributed by atoms with Gasteiger partial charge in [0.1, 0.15) is 19.3 Å². The maximum absolute atomic E-state index is 13.0. The van der Waals surface area contributed by atoms with Crippen molar-refractivity contribution >= 4 is 28.7 Å². The van der Waals surface area contributed by atoms with Gasteiger partial charge < -0.3 is 25.5 Å². The van der Waals surface area contributed by atoms with Crippen molar-refractivity contribution < 1.29 is 23.9 Å². The lowest BCUT2D eigenvalue weighted by atomic mass is 10.0. The smallest absolute Gasteiger partial charge is 0.328 e. The van der Waals surface area contributed by atoms with E-state index in [0.29, 0.717) is 0 Å². The van der Waals surface area contributed by atoms with E-state index in [2.05, 4.69) is 10.3 Å². The first-order valence-corrected chi connectivity index (χ1v) is 12.5. The van der Waals surface area contributed by atoms with Crippen LogP contribution in [0.2, 0.25) is 0 Å². The van der Waals surface area contributed by atoms with Crippen molar-refractivity contribution in [3.63, 3.8) is 0 Å². The van der Waals surface area contributed by atoms with Gasteiger partial charge in [-0.15, -0.1) is 0 Å². The summed E-state index contributed by atoms with van der Waals surface area (Å²) in [5, 5.41) is 3.67. The van der Waals surface area contributed by atoms with Crippen molar-refractivity contribution in [2.75, 3.05) is 0 Å². The highest BCUT2D eigenvalue weighted by molar-refractivity contribution is 5.89. The highest BCUT2D eigenvalue weighted by Crippen LogP contribution is 2.19. The van der Waals surface area contributed by atoms with E-state index in [1.165, 1.54) is 0 Å². The van der Waals surface area contributed by atoms with Crippen LogP contribution in [-0.2, 0) is 43.5 Å². The summed E-state index contributed by atoms with van der Waals surface area (Å²) in [7, 11) is 0. The Morgan fingerprint density at radius 1 is 0.816 bits per heavy atom. The van der Waals surface area contributed by atoms with Gasteiger partial charge in [0, 0.05) is 23.5 Å². The number of rotatable bonds is 12. The van der Waals surface area contributed by atoms with E-state index >= 15 is 0 Å². The Bertz CT molecular complexity index is 1350. The molecule has 0 aliphatic rings. The minimum absolute atomic E-state index is 0.0206. The van der Waals surface area contributed by atoms with Crippen molar-refractivity contribution in [3.8, 4) is 0 Å². The van der Waals surface area contributed by atoms with E-state index in [4.69, 9.17) is 15.2 Å². The number of para-hydroxylation sites is 1. The summed E-state index contributed by atoms with van der Waals surface area (Å²) in [6, 6.07) is 24.3. The molecule has 8 heteroatoms. The minimum Gasteiger partial charge on any atom is -0.461 e. The van der Waals surface area contributed by atoms with Gasteiger partial charge in [-0.2, -0.15) is 0 Å². The molecule has 1 amide bonds. The van der Waals surface area contributed by atoms with Crippen LogP contribution in [0, 0.1) is 0 Å². The maximum atomic E-state index is 13.0. The first kappa shape index (κ1) is 26.6. The normalized spacial score (nSPS) is 12.4. The number of nitrogens with one attached hydrogen (secondary N) is 2. The average Bonchev–Trinajstić information content (AvgIpc) is 3.36. The third-order valence-electron chi connectivity index (χ3n) is 6.16. The van der Waals surface area contributed by atoms with Gasteiger partial charge in [-0.3, -0.25) is 9.59 Å². The summed E-state index contributed by atoms with van der Waals surface area (Å²) in [6.07, 6.45) is 2.05. The van der Waals surface area contributed by atoms with E-state index < -0.39 is 29.9 Å². The Morgan fingerprint density at radius 3 is 2.11 bits per heavy atom. The molecule has 2 atom stereocenters. The zero-order chi connectivity index (χ0) is 26.7. The number of hydrogen-bond donors (Lipinski definition) is 3. The molecule has 1 heterocycles. The molecule has 38 heavy (non-hydrogen) atoms. The predicted octanol–water partition coefficient (Wildman–Crippen LogP) is 3.79. The number of aromatic nitrogens is 1. The molecule has 0 spiro atoms. The largest absolute Gasteiger partial charge is 0.461 e. The van der Waals surface area contributed by atoms with Crippen LogP contribution in [0.5, 0.6) is 0 Å². The molecular weight excluding hydrogens is 482 g/mol. The lowest BCUT2D eigenvalue weighted by Gasteiger charge is -2.20. The standard InChI is InChI=1S/C30H31N3O5/c31-25(17-23-18-32-26-14-8-7-13-24(23)26)29(35)33-27(30(36)38-20-22-11-5-2-6-12-22)15-16-28(34)37-19-21-9-3-1-4-10-21/h1-14,18,25,27,32H,15-17,19-20,31H2,(H,33,35)/t25-,27+/m0/s1. The summed E-state index contributed by atoms with van der Waals surface area (Å²) in [6.45, 7) is 0.177. The summed E-state index contributed by atoms with van der Waals surface area (Å²) < 4.78 is 10.8. The lowest BCUT2D eigenvalue weighted by molar-refractivity contribution is -0.150. The number of aromatic amines is 1. The summed E-state index contributed by atoms with van der Waals surface area (Å²) in [5.41, 5.74) is 9.73. The fourth-order valence-electron chi connectivity index (χ4n) is 4.06. The fourth-order valence-corrected chi connectivity index (χ4v) is 4.06. The SMILES string of the molecule is N[C@@H](Cc1c[nH]c2ccccc12)C(=O)N[C@H](CCC(=O)OCc1ccccc1)C(=O)OCc1ccccc1. The number of fused-ring (bicyclic) bond motifs is 1. The lowest BCUT2D eigenvalue weighted by Crippen LogP contribution is -2.49. The van der Waals surface area contributed by atoms with Crippen molar-refractivity contribution in [3.05, 3.63) is 108 Å². The molecule has 4 aromatic rings. The van der Waals surface area contributed by atoms with Crippen molar-refractivity contribution in [1.29, 1.82) is 0 Å². The van der Waals surface area contributed by atoms with E-state index in [1.807, 2.05) is 91.1 Å². The van der Waals surface area contributed by atoms with Crippen molar-refractivity contribution in [2.45, 2.75) is 44.6 Å². The maximum Gasteiger partial charge on any atom is 0.328 e. The van der Waals surface area contributed by atoms with Gasteiger partial charge in [0.2, 0.25) is 5.91 Å². The van der Waals surface area contributed by atoms with Gasteiger partial charge in [-0.05, 0) is 35.6 Å². The van der Waals surface area contributed by atoms with Gasteiger partial charge in [-0.1, -0.05) is 78.9 Å². The van der Waals surface area contributed by atoms with Crippen LogP contribution in [0.25, 0.3) is 10.9 Å². The highest BCUT2D eigenvalue weighted by Gasteiger charge is 2.26. The van der Waals surface area contributed by atoms with Crippen LogP contribution in [0.3, 0.4) is 0 Å². The zero-order valence-corrected chi connectivity index (χ0v) is 21.0. The molecule has 8 nitrogen and oxygen atoms in total. The van der Waals surface area contributed by atoms with Gasteiger partial charge in [0.25, 0.3) is 0 Å². The van der Waals surface area contributed by atoms with E-state index in [0.717, 1.165) is 27.6 Å². The Morgan fingerprint density at radius 2 is 1.42 bits per heavy atom. The molecule has 0 radical (unpaired) electrons. The third-order valence-corrected chi connectivity index (χ3v) is 6.16. The number of amides is 1. The summed E-state index contributed by atoms with van der Waals surface area (Å²) in [4.78, 5) is 41.4. The number of H-pyrrole nitrogens is 1. The first-order valence-electron chi connectivity index (χ1n) is 12.5. The summed E-state index contributed by atoms with van der Waals surface area (Å²) in [5.74, 6) is -1.63. The molecule has 0 saturated heterocycles. The molecule has 196 valence electrons. The molecule has 0 fully saturated rings. The second kappa shape index (κ2) is 13.2. The topological polar surface area (TPSA) is 124 Å². The number of benzene rings is 3. The van der Waals surface area contributed by atoms with Crippen LogP contribution in [-0.4, -0.2) is 34.9 Å². The summed E-state index contributed by atoms with van der Waals surface area (Å²) >= 11 is 0. The van der Waals surface area contributed by atoms with Crippen LogP contribution in [0.1, 0.15) is 29.5 Å². The number of nitrogens with two attached hydrogens (primary N) is 1. The van der Waals surface area contributed by atoms with Crippen LogP contribution < -0.4 is 11.1 Å². The molecule has 0 unspecified atom stereocenters.